The van der Waals surface area contributed by atoms with Crippen LogP contribution in [0.1, 0.15) is 13.3 Å². The third-order valence-corrected chi connectivity index (χ3v) is 4.81. The Morgan fingerprint density at radius 3 is 2.48 bits per heavy atom. The fourth-order valence-corrected chi connectivity index (χ4v) is 3.04. The molecule has 2 N–H and O–H groups in total. The lowest BCUT2D eigenvalue weighted by molar-refractivity contribution is 0.0554. The number of benzene rings is 1. The number of likely N-dealkylation sites (N-methyl/N-ethyl adjacent to an activating group) is 1. The molecule has 0 aromatic heterocycles. The van der Waals surface area contributed by atoms with Gasteiger partial charge < -0.3 is 15.2 Å². The molecule has 7 heteroatoms. The van der Waals surface area contributed by atoms with Gasteiger partial charge in [-0.05, 0) is 30.7 Å². The first-order valence-electron chi connectivity index (χ1n) is 6.89. The van der Waals surface area contributed by atoms with Crippen LogP contribution in [0.4, 0.5) is 5.69 Å². The number of aliphatic hydroxyl groups excluding tert-OH is 1. The van der Waals surface area contributed by atoms with Crippen molar-refractivity contribution in [3.8, 4) is 0 Å². The summed E-state index contributed by atoms with van der Waals surface area (Å²) >= 11 is 0. The lowest BCUT2D eigenvalue weighted by Gasteiger charge is -2.20. The second-order valence-electron chi connectivity index (χ2n) is 4.85. The van der Waals surface area contributed by atoms with Crippen LogP contribution in [-0.2, 0) is 14.8 Å². The molecule has 1 aromatic carbocycles. The highest BCUT2D eigenvalue weighted by Gasteiger charge is 2.22. The predicted molar refractivity (Wildman–Crippen MR) is 82.9 cm³/mol. The van der Waals surface area contributed by atoms with Gasteiger partial charge in [0.2, 0.25) is 10.0 Å². The molecule has 6 nitrogen and oxygen atoms in total. The first kappa shape index (κ1) is 17.9. The van der Waals surface area contributed by atoms with Crippen molar-refractivity contribution in [1.82, 2.24) is 4.31 Å². The molecular formula is C14H24N2O4S. The number of anilines is 1. The Balaban J connectivity index is 2.77. The first-order valence-corrected chi connectivity index (χ1v) is 8.33. The number of sulfonamides is 1. The largest absolute Gasteiger partial charge is 0.389 e. The van der Waals surface area contributed by atoms with Gasteiger partial charge in [0, 0.05) is 32.9 Å². The molecular weight excluding hydrogens is 292 g/mol. The van der Waals surface area contributed by atoms with Crippen molar-refractivity contribution in [2.24, 2.45) is 0 Å². The van der Waals surface area contributed by atoms with Gasteiger partial charge in [-0.3, -0.25) is 0 Å². The fraction of sp³-hybridized carbons (Fsp3) is 0.571. The van der Waals surface area contributed by atoms with E-state index in [9.17, 15) is 13.5 Å². The summed E-state index contributed by atoms with van der Waals surface area (Å²) in [6, 6.07) is 6.60. The van der Waals surface area contributed by atoms with Crippen LogP contribution < -0.4 is 5.32 Å². The maximum atomic E-state index is 12.4. The van der Waals surface area contributed by atoms with Gasteiger partial charge in [0.1, 0.15) is 0 Å². The molecule has 120 valence electrons. The zero-order chi connectivity index (χ0) is 15.9. The molecule has 1 atom stereocenters. The van der Waals surface area contributed by atoms with Crippen molar-refractivity contribution in [3.05, 3.63) is 24.3 Å². The molecule has 0 amide bonds. The Hall–Kier alpha value is -1.15. The number of hydrogen-bond acceptors (Lipinski definition) is 5. The lowest BCUT2D eigenvalue weighted by atomic mass is 10.3. The minimum atomic E-state index is -3.60. The minimum absolute atomic E-state index is 0.00793. The van der Waals surface area contributed by atoms with E-state index in [1.165, 1.54) is 14.2 Å². The third kappa shape index (κ3) is 5.28. The molecule has 0 spiro atoms. The Bertz CT molecular complexity index is 516. The zero-order valence-electron chi connectivity index (χ0n) is 12.7. The van der Waals surface area contributed by atoms with Crippen LogP contribution >= 0.6 is 0 Å². The van der Waals surface area contributed by atoms with Crippen molar-refractivity contribution >= 4 is 15.7 Å². The van der Waals surface area contributed by atoms with Gasteiger partial charge in [-0.2, -0.15) is 4.31 Å². The average Bonchev–Trinajstić information content (AvgIpc) is 2.45. The summed E-state index contributed by atoms with van der Waals surface area (Å²) in [5.74, 6) is 0. The van der Waals surface area contributed by atoms with Gasteiger partial charge in [-0.25, -0.2) is 8.42 Å². The van der Waals surface area contributed by atoms with Crippen molar-refractivity contribution < 1.29 is 18.3 Å². The number of methoxy groups -OCH3 is 1. The van der Waals surface area contributed by atoms with Crippen LogP contribution in [0.2, 0.25) is 0 Å². The van der Waals surface area contributed by atoms with Gasteiger partial charge in [-0.15, -0.1) is 0 Å². The van der Waals surface area contributed by atoms with E-state index in [1.54, 1.807) is 24.3 Å². The molecule has 0 saturated heterocycles. The third-order valence-electron chi connectivity index (χ3n) is 2.97. The fourth-order valence-electron chi connectivity index (χ4n) is 1.83. The monoisotopic (exact) mass is 316 g/mol. The lowest BCUT2D eigenvalue weighted by Crippen LogP contribution is -2.36. The summed E-state index contributed by atoms with van der Waals surface area (Å²) in [4.78, 5) is 0.205. The highest BCUT2D eigenvalue weighted by molar-refractivity contribution is 7.89. The normalized spacial score (nSPS) is 13.4. The molecule has 0 saturated carbocycles. The Morgan fingerprint density at radius 1 is 1.33 bits per heavy atom. The van der Waals surface area contributed by atoms with Gasteiger partial charge in [0.15, 0.2) is 0 Å². The highest BCUT2D eigenvalue weighted by atomic mass is 32.2. The number of nitrogens with one attached hydrogen (secondary N) is 1. The molecule has 0 aliphatic carbocycles. The molecule has 0 aliphatic heterocycles. The predicted octanol–water partition coefficient (Wildman–Crippen LogP) is 1.14. The maximum absolute atomic E-state index is 12.4. The van der Waals surface area contributed by atoms with Gasteiger partial charge in [-0.1, -0.05) is 6.92 Å². The Kier molecular flexibility index (Phi) is 7.10. The van der Waals surface area contributed by atoms with Gasteiger partial charge in [0.05, 0.1) is 17.6 Å². The average molecular weight is 316 g/mol. The number of rotatable bonds is 9. The van der Waals surface area contributed by atoms with Crippen LogP contribution in [0.3, 0.4) is 0 Å². The second-order valence-corrected chi connectivity index (χ2v) is 6.89. The van der Waals surface area contributed by atoms with E-state index in [4.69, 9.17) is 4.74 Å². The van der Waals surface area contributed by atoms with E-state index in [0.29, 0.717) is 0 Å². The van der Waals surface area contributed by atoms with E-state index in [0.717, 1.165) is 23.0 Å². The number of hydrogen-bond donors (Lipinski definition) is 2. The molecule has 0 bridgehead atoms. The molecule has 1 unspecified atom stereocenters. The molecule has 0 heterocycles. The summed E-state index contributed by atoms with van der Waals surface area (Å²) < 4.78 is 30.6. The summed E-state index contributed by atoms with van der Waals surface area (Å²) in [5.41, 5.74) is 0.887. The molecule has 21 heavy (non-hydrogen) atoms. The van der Waals surface area contributed by atoms with E-state index in [2.05, 4.69) is 12.2 Å². The van der Waals surface area contributed by atoms with Crippen LogP contribution in [-0.4, -0.2) is 57.8 Å². The molecule has 0 fully saturated rings. The van der Waals surface area contributed by atoms with Crippen LogP contribution in [0.25, 0.3) is 0 Å². The first-order chi connectivity index (χ1) is 9.91. The number of nitrogens with zero attached hydrogens (tertiary/aromatic N) is 1. The highest BCUT2D eigenvalue weighted by Crippen LogP contribution is 2.17. The summed E-state index contributed by atoms with van der Waals surface area (Å²) in [5, 5.41) is 12.8. The van der Waals surface area contributed by atoms with E-state index < -0.39 is 16.1 Å². The Morgan fingerprint density at radius 2 is 1.95 bits per heavy atom. The number of ether oxygens (including phenoxy) is 1. The smallest absolute Gasteiger partial charge is 0.242 e. The topological polar surface area (TPSA) is 78.9 Å². The Labute approximate surface area is 126 Å². The standard InChI is InChI=1S/C14H24N2O4S/c1-4-9-15-12-5-7-14(8-6-12)21(18,19)16(2)10-13(17)11-20-3/h5-8,13,15,17H,4,9-11H2,1-3H3. The summed E-state index contributed by atoms with van der Waals surface area (Å²) in [7, 11) is -0.700. The van der Waals surface area contributed by atoms with Gasteiger partial charge >= 0.3 is 0 Å². The van der Waals surface area contributed by atoms with Crippen LogP contribution in [0.15, 0.2) is 29.2 Å². The van der Waals surface area contributed by atoms with E-state index >= 15 is 0 Å². The maximum Gasteiger partial charge on any atom is 0.242 e. The van der Waals surface area contributed by atoms with Crippen molar-refractivity contribution in [1.29, 1.82) is 0 Å². The minimum Gasteiger partial charge on any atom is -0.389 e. The quantitative estimate of drug-likeness (QED) is 0.714. The van der Waals surface area contributed by atoms with Crippen molar-refractivity contribution in [2.45, 2.75) is 24.3 Å². The number of aliphatic hydroxyl groups is 1. The molecule has 1 rings (SSSR count). The van der Waals surface area contributed by atoms with Crippen LogP contribution in [0.5, 0.6) is 0 Å². The van der Waals surface area contributed by atoms with Crippen molar-refractivity contribution in [3.63, 3.8) is 0 Å². The van der Waals surface area contributed by atoms with E-state index in [1.807, 2.05) is 0 Å². The molecule has 0 aliphatic rings. The molecule has 1 aromatic rings. The molecule has 0 radical (unpaired) electrons. The van der Waals surface area contributed by atoms with Crippen molar-refractivity contribution in [2.75, 3.05) is 39.2 Å². The summed E-state index contributed by atoms with van der Waals surface area (Å²) in [6.07, 6.45) is 0.153. The summed E-state index contributed by atoms with van der Waals surface area (Å²) in [6.45, 7) is 2.99. The zero-order valence-corrected chi connectivity index (χ0v) is 13.6. The van der Waals surface area contributed by atoms with Crippen LogP contribution in [0, 0.1) is 0 Å². The second kappa shape index (κ2) is 8.33. The SMILES string of the molecule is CCCNc1ccc(S(=O)(=O)N(C)CC(O)COC)cc1. The van der Waals surface area contributed by atoms with Gasteiger partial charge in [0.25, 0.3) is 0 Å². The van der Waals surface area contributed by atoms with E-state index in [-0.39, 0.29) is 18.0 Å².